The minimum Gasteiger partial charge on any atom is -0.338 e. The van der Waals surface area contributed by atoms with Crippen molar-refractivity contribution in [3.05, 3.63) is 95.8 Å². The van der Waals surface area contributed by atoms with Crippen LogP contribution in [0.15, 0.2) is 85.1 Å². The molecule has 5 rings (SSSR count). The van der Waals surface area contributed by atoms with Gasteiger partial charge in [-0.3, -0.25) is 4.79 Å². The highest BCUT2D eigenvalue weighted by Crippen LogP contribution is 2.28. The second-order valence-electron chi connectivity index (χ2n) is 6.73. The van der Waals surface area contributed by atoms with Crippen LogP contribution < -0.4 is 5.32 Å². The highest BCUT2D eigenvalue weighted by Gasteiger charge is 2.15. The maximum Gasteiger partial charge on any atom is 0.276 e. The van der Waals surface area contributed by atoms with Crippen LogP contribution in [-0.4, -0.2) is 25.7 Å². The summed E-state index contributed by atoms with van der Waals surface area (Å²) < 4.78 is 1.62. The van der Waals surface area contributed by atoms with Crippen molar-refractivity contribution in [2.45, 2.75) is 0 Å². The molecule has 2 aromatic heterocycles. The van der Waals surface area contributed by atoms with E-state index < -0.39 is 0 Å². The van der Waals surface area contributed by atoms with Gasteiger partial charge in [-0.15, -0.1) is 0 Å². The Labute approximate surface area is 177 Å². The van der Waals surface area contributed by atoms with Crippen LogP contribution in [0.4, 0.5) is 5.69 Å². The van der Waals surface area contributed by atoms with Crippen LogP contribution in [0.1, 0.15) is 10.5 Å². The predicted molar refractivity (Wildman–Crippen MR) is 118 cm³/mol. The van der Waals surface area contributed by atoms with E-state index >= 15 is 0 Å². The molecule has 2 heterocycles. The molecule has 6 nitrogen and oxygen atoms in total. The molecule has 0 bridgehead atoms. The Morgan fingerprint density at radius 3 is 2.67 bits per heavy atom. The quantitative estimate of drug-likeness (QED) is 0.418. The number of anilines is 1. The van der Waals surface area contributed by atoms with E-state index in [9.17, 15) is 4.79 Å². The normalized spacial score (nSPS) is 11.0. The third-order valence-electron chi connectivity index (χ3n) is 4.71. The fourth-order valence-corrected chi connectivity index (χ4v) is 3.46. The van der Waals surface area contributed by atoms with E-state index in [2.05, 4.69) is 20.4 Å². The van der Waals surface area contributed by atoms with Gasteiger partial charge in [0, 0.05) is 16.8 Å². The highest BCUT2D eigenvalue weighted by molar-refractivity contribution is 6.30. The second kappa shape index (κ2) is 7.50. The third kappa shape index (κ3) is 3.44. The Morgan fingerprint density at radius 1 is 0.967 bits per heavy atom. The van der Waals surface area contributed by atoms with Crippen molar-refractivity contribution >= 4 is 34.2 Å². The molecular formula is C23H16ClN5O. The summed E-state index contributed by atoms with van der Waals surface area (Å²) in [6, 6.07) is 24.3. The van der Waals surface area contributed by atoms with Gasteiger partial charge in [-0.25, -0.2) is 9.67 Å². The molecule has 0 aliphatic rings. The number of para-hydroxylation sites is 3. The first kappa shape index (κ1) is 18.1. The lowest BCUT2D eigenvalue weighted by Crippen LogP contribution is -2.14. The standard InChI is InChI=1S/C23H16ClN5O/c24-15-6-5-7-16(14-15)29-13-12-21(28-29)23(30)27-18-9-2-1-8-17(18)22-25-19-10-3-4-11-20(19)26-22/h1-14H,(H,25,26)(H,27,30). The molecule has 0 saturated heterocycles. The molecule has 0 radical (unpaired) electrons. The van der Waals surface area contributed by atoms with Gasteiger partial charge >= 0.3 is 0 Å². The number of aromatic nitrogens is 4. The van der Waals surface area contributed by atoms with Gasteiger partial charge < -0.3 is 10.3 Å². The Kier molecular flexibility index (Phi) is 4.53. The largest absolute Gasteiger partial charge is 0.338 e. The van der Waals surface area contributed by atoms with Crippen LogP contribution in [0.2, 0.25) is 5.02 Å². The van der Waals surface area contributed by atoms with Gasteiger partial charge in [0.15, 0.2) is 5.69 Å². The number of rotatable bonds is 4. The van der Waals surface area contributed by atoms with E-state index in [0.29, 0.717) is 22.2 Å². The van der Waals surface area contributed by atoms with Crippen molar-refractivity contribution in [2.75, 3.05) is 5.32 Å². The molecule has 5 aromatic rings. The van der Waals surface area contributed by atoms with Crippen LogP contribution >= 0.6 is 11.6 Å². The lowest BCUT2D eigenvalue weighted by Gasteiger charge is -2.08. The zero-order chi connectivity index (χ0) is 20.5. The second-order valence-corrected chi connectivity index (χ2v) is 7.16. The van der Waals surface area contributed by atoms with Gasteiger partial charge in [0.1, 0.15) is 5.82 Å². The van der Waals surface area contributed by atoms with Gasteiger partial charge in [-0.2, -0.15) is 5.10 Å². The summed E-state index contributed by atoms with van der Waals surface area (Å²) in [7, 11) is 0. The molecule has 0 aliphatic heterocycles. The van der Waals surface area contributed by atoms with Crippen molar-refractivity contribution in [1.29, 1.82) is 0 Å². The molecule has 30 heavy (non-hydrogen) atoms. The number of H-pyrrole nitrogens is 1. The van der Waals surface area contributed by atoms with Crippen molar-refractivity contribution < 1.29 is 4.79 Å². The fraction of sp³-hybridized carbons (Fsp3) is 0. The Bertz CT molecular complexity index is 1340. The SMILES string of the molecule is O=C(Nc1ccccc1-c1nc2ccccc2[nH]1)c1ccn(-c2cccc(Cl)c2)n1. The third-order valence-corrected chi connectivity index (χ3v) is 4.95. The van der Waals surface area contributed by atoms with Crippen molar-refractivity contribution in [1.82, 2.24) is 19.7 Å². The first-order valence-electron chi connectivity index (χ1n) is 9.34. The van der Waals surface area contributed by atoms with Crippen LogP contribution in [0, 0.1) is 0 Å². The Balaban J connectivity index is 1.43. The zero-order valence-electron chi connectivity index (χ0n) is 15.7. The van der Waals surface area contributed by atoms with E-state index in [1.807, 2.05) is 60.7 Å². The predicted octanol–water partition coefficient (Wildman–Crippen LogP) is 5.32. The average molecular weight is 414 g/mol. The Morgan fingerprint density at radius 2 is 1.80 bits per heavy atom. The van der Waals surface area contributed by atoms with Crippen LogP contribution in [0.5, 0.6) is 0 Å². The highest BCUT2D eigenvalue weighted by atomic mass is 35.5. The molecule has 1 amide bonds. The minimum atomic E-state index is -0.306. The number of nitrogens with one attached hydrogen (secondary N) is 2. The number of benzene rings is 3. The molecule has 3 aromatic carbocycles. The maximum absolute atomic E-state index is 12.8. The van der Waals surface area contributed by atoms with Crippen molar-refractivity contribution in [3.8, 4) is 17.1 Å². The summed E-state index contributed by atoms with van der Waals surface area (Å²) in [6.07, 6.45) is 1.73. The van der Waals surface area contributed by atoms with Gasteiger partial charge in [0.2, 0.25) is 0 Å². The van der Waals surface area contributed by atoms with Crippen molar-refractivity contribution in [2.24, 2.45) is 0 Å². The molecule has 0 saturated carbocycles. The first-order chi connectivity index (χ1) is 14.7. The summed E-state index contributed by atoms with van der Waals surface area (Å²) >= 11 is 6.05. The van der Waals surface area contributed by atoms with Crippen LogP contribution in [-0.2, 0) is 0 Å². The summed E-state index contributed by atoms with van der Waals surface area (Å²) in [4.78, 5) is 20.8. The molecule has 2 N–H and O–H groups in total. The topological polar surface area (TPSA) is 75.6 Å². The molecule has 0 unspecified atom stereocenters. The van der Waals surface area contributed by atoms with Gasteiger partial charge in [0.25, 0.3) is 5.91 Å². The number of hydrogen-bond acceptors (Lipinski definition) is 3. The fourth-order valence-electron chi connectivity index (χ4n) is 3.27. The van der Waals surface area contributed by atoms with Crippen LogP contribution in [0.3, 0.4) is 0 Å². The van der Waals surface area contributed by atoms with Crippen molar-refractivity contribution in [3.63, 3.8) is 0 Å². The van der Waals surface area contributed by atoms with Gasteiger partial charge in [-0.05, 0) is 48.5 Å². The number of fused-ring (bicyclic) bond motifs is 1. The number of imidazole rings is 1. The van der Waals surface area contributed by atoms with E-state index in [4.69, 9.17) is 11.6 Å². The number of carbonyl (C=O) groups excluding carboxylic acids is 1. The number of halogens is 1. The number of hydrogen-bond donors (Lipinski definition) is 2. The van der Waals surface area contributed by atoms with Gasteiger partial charge in [0.05, 0.1) is 22.4 Å². The summed E-state index contributed by atoms with van der Waals surface area (Å²) in [5.74, 6) is 0.385. The first-order valence-corrected chi connectivity index (χ1v) is 9.72. The number of amides is 1. The summed E-state index contributed by atoms with van der Waals surface area (Å²) in [5.41, 5.74) is 4.34. The van der Waals surface area contributed by atoms with Gasteiger partial charge in [-0.1, -0.05) is 41.9 Å². The molecule has 0 atom stereocenters. The Hall–Kier alpha value is -3.90. The molecule has 0 aliphatic carbocycles. The summed E-state index contributed by atoms with van der Waals surface area (Å²) in [5, 5.41) is 7.93. The minimum absolute atomic E-state index is 0.300. The molecule has 7 heteroatoms. The molecule has 146 valence electrons. The monoisotopic (exact) mass is 413 g/mol. The molecular weight excluding hydrogens is 398 g/mol. The summed E-state index contributed by atoms with van der Waals surface area (Å²) in [6.45, 7) is 0. The average Bonchev–Trinajstić information content (AvgIpc) is 3.42. The number of nitrogens with zero attached hydrogens (tertiary/aromatic N) is 3. The zero-order valence-corrected chi connectivity index (χ0v) is 16.5. The molecule has 0 spiro atoms. The lowest BCUT2D eigenvalue weighted by atomic mass is 10.1. The van der Waals surface area contributed by atoms with E-state index in [1.54, 1.807) is 29.1 Å². The number of aromatic amines is 1. The van der Waals surface area contributed by atoms with E-state index in [0.717, 1.165) is 22.3 Å². The van der Waals surface area contributed by atoms with E-state index in [-0.39, 0.29) is 5.91 Å². The molecule has 0 fully saturated rings. The lowest BCUT2D eigenvalue weighted by molar-refractivity contribution is 0.102. The van der Waals surface area contributed by atoms with E-state index in [1.165, 1.54) is 0 Å². The smallest absolute Gasteiger partial charge is 0.276 e. The van der Waals surface area contributed by atoms with Crippen LogP contribution in [0.25, 0.3) is 28.1 Å². The number of carbonyl (C=O) groups is 1. The maximum atomic E-state index is 12.8.